The topological polar surface area (TPSA) is 51.0 Å². The van der Waals surface area contributed by atoms with Crippen LogP contribution in [0.1, 0.15) is 25.0 Å². The fourth-order valence-corrected chi connectivity index (χ4v) is 2.74. The second kappa shape index (κ2) is 6.26. The number of halogens is 1. The molecule has 0 amide bonds. The highest BCUT2D eigenvalue weighted by Gasteiger charge is 2.12. The summed E-state index contributed by atoms with van der Waals surface area (Å²) in [4.78, 5) is 18.6. The quantitative estimate of drug-likeness (QED) is 0.873. The highest BCUT2D eigenvalue weighted by Crippen LogP contribution is 2.17. The molecular formula is C15H17ClN4O. The van der Waals surface area contributed by atoms with Crippen molar-refractivity contribution in [2.45, 2.75) is 25.8 Å². The third-order valence-corrected chi connectivity index (χ3v) is 3.90. The molecule has 3 heterocycles. The molecule has 0 spiro atoms. The van der Waals surface area contributed by atoms with Crippen molar-refractivity contribution < 1.29 is 0 Å². The van der Waals surface area contributed by atoms with Crippen molar-refractivity contribution in [2.24, 2.45) is 0 Å². The lowest BCUT2D eigenvalue weighted by Gasteiger charge is -2.28. The van der Waals surface area contributed by atoms with Crippen LogP contribution in [0.25, 0.3) is 0 Å². The van der Waals surface area contributed by atoms with Crippen LogP contribution in [-0.2, 0) is 6.54 Å². The Morgan fingerprint density at radius 3 is 2.71 bits per heavy atom. The maximum atomic E-state index is 12.2. The van der Waals surface area contributed by atoms with Crippen molar-refractivity contribution in [1.82, 2.24) is 14.8 Å². The Balaban J connectivity index is 1.79. The molecule has 21 heavy (non-hydrogen) atoms. The molecule has 1 aliphatic heterocycles. The minimum absolute atomic E-state index is 0.111. The van der Waals surface area contributed by atoms with Crippen LogP contribution >= 0.6 is 11.6 Å². The van der Waals surface area contributed by atoms with Gasteiger partial charge in [0.05, 0.1) is 24.1 Å². The zero-order valence-corrected chi connectivity index (χ0v) is 12.5. The Kier molecular flexibility index (Phi) is 4.20. The first-order valence-electron chi connectivity index (χ1n) is 7.15. The van der Waals surface area contributed by atoms with Gasteiger partial charge in [-0.1, -0.05) is 11.6 Å². The van der Waals surface area contributed by atoms with Crippen molar-refractivity contribution in [3.05, 3.63) is 51.7 Å². The molecule has 6 heteroatoms. The number of aromatic nitrogens is 3. The number of anilines is 1. The van der Waals surface area contributed by atoms with Gasteiger partial charge in [0.25, 0.3) is 5.56 Å². The van der Waals surface area contributed by atoms with Crippen LogP contribution in [0.4, 0.5) is 5.69 Å². The summed E-state index contributed by atoms with van der Waals surface area (Å²) in [6.07, 6.45) is 7.01. The number of piperidine rings is 1. The molecule has 1 aliphatic rings. The van der Waals surface area contributed by atoms with Gasteiger partial charge in [-0.3, -0.25) is 9.78 Å². The second-order valence-electron chi connectivity index (χ2n) is 5.22. The van der Waals surface area contributed by atoms with E-state index in [1.807, 2.05) is 0 Å². The first kappa shape index (κ1) is 14.1. The molecule has 2 aromatic heterocycles. The van der Waals surface area contributed by atoms with Crippen LogP contribution in [0.3, 0.4) is 0 Å². The fourth-order valence-electron chi connectivity index (χ4n) is 2.56. The highest BCUT2D eigenvalue weighted by atomic mass is 35.5. The molecule has 0 aliphatic carbocycles. The molecule has 0 radical (unpaired) electrons. The van der Waals surface area contributed by atoms with Gasteiger partial charge in [0.2, 0.25) is 0 Å². The van der Waals surface area contributed by atoms with Gasteiger partial charge < -0.3 is 4.90 Å². The molecule has 0 atom stereocenters. The summed E-state index contributed by atoms with van der Waals surface area (Å²) in [5.41, 5.74) is 1.53. The smallest absolute Gasteiger partial charge is 0.269 e. The van der Waals surface area contributed by atoms with E-state index >= 15 is 0 Å². The Labute approximate surface area is 128 Å². The van der Waals surface area contributed by atoms with Gasteiger partial charge in [0, 0.05) is 30.4 Å². The fraction of sp³-hybridized carbons (Fsp3) is 0.400. The summed E-state index contributed by atoms with van der Waals surface area (Å²) in [6.45, 7) is 2.33. The van der Waals surface area contributed by atoms with Gasteiger partial charge in [0.1, 0.15) is 0 Å². The first-order chi connectivity index (χ1) is 10.2. The maximum Gasteiger partial charge on any atom is 0.269 e. The largest absolute Gasteiger partial charge is 0.370 e. The van der Waals surface area contributed by atoms with E-state index in [2.05, 4.69) is 15.0 Å². The van der Waals surface area contributed by atoms with Crippen LogP contribution in [-0.4, -0.2) is 27.9 Å². The predicted octanol–water partition coefficient (Wildman–Crippen LogP) is 2.33. The van der Waals surface area contributed by atoms with Crippen LogP contribution in [0, 0.1) is 0 Å². The van der Waals surface area contributed by atoms with Crippen molar-refractivity contribution in [1.29, 1.82) is 0 Å². The second-order valence-corrected chi connectivity index (χ2v) is 5.66. The third kappa shape index (κ3) is 3.42. The summed E-state index contributed by atoms with van der Waals surface area (Å²) in [5.74, 6) is 0. The van der Waals surface area contributed by atoms with Crippen LogP contribution in [0.2, 0.25) is 5.02 Å². The number of rotatable bonds is 3. The predicted molar refractivity (Wildman–Crippen MR) is 82.9 cm³/mol. The van der Waals surface area contributed by atoms with Crippen LogP contribution in [0.15, 0.2) is 35.4 Å². The highest BCUT2D eigenvalue weighted by molar-refractivity contribution is 6.30. The minimum Gasteiger partial charge on any atom is -0.370 e. The monoisotopic (exact) mass is 304 g/mol. The number of hydrogen-bond donors (Lipinski definition) is 0. The van der Waals surface area contributed by atoms with E-state index in [4.69, 9.17) is 11.6 Å². The Morgan fingerprint density at radius 2 is 2.00 bits per heavy atom. The zero-order valence-electron chi connectivity index (χ0n) is 11.7. The molecule has 1 saturated heterocycles. The van der Waals surface area contributed by atoms with E-state index in [9.17, 15) is 4.79 Å². The molecule has 0 bridgehead atoms. The summed E-state index contributed by atoms with van der Waals surface area (Å²) >= 11 is 5.92. The number of hydrogen-bond acceptors (Lipinski definition) is 4. The van der Waals surface area contributed by atoms with E-state index in [-0.39, 0.29) is 5.56 Å². The molecule has 3 rings (SSSR count). The van der Waals surface area contributed by atoms with E-state index in [0.717, 1.165) is 24.5 Å². The summed E-state index contributed by atoms with van der Waals surface area (Å²) < 4.78 is 1.41. The number of pyridine rings is 1. The van der Waals surface area contributed by atoms with Gasteiger partial charge in [-0.15, -0.1) is 0 Å². The molecule has 0 N–H and O–H groups in total. The van der Waals surface area contributed by atoms with Crippen molar-refractivity contribution in [2.75, 3.05) is 18.0 Å². The van der Waals surface area contributed by atoms with Crippen LogP contribution in [0.5, 0.6) is 0 Å². The van der Waals surface area contributed by atoms with E-state index in [1.165, 1.54) is 23.9 Å². The van der Waals surface area contributed by atoms with Gasteiger partial charge in [-0.2, -0.15) is 5.10 Å². The molecule has 110 valence electrons. The normalized spacial score (nSPS) is 15.2. The van der Waals surface area contributed by atoms with E-state index in [0.29, 0.717) is 11.6 Å². The van der Waals surface area contributed by atoms with Crippen molar-refractivity contribution >= 4 is 17.3 Å². The van der Waals surface area contributed by atoms with Gasteiger partial charge in [-0.25, -0.2) is 4.68 Å². The molecule has 0 aromatic carbocycles. The molecular weight excluding hydrogens is 288 g/mol. The Hall–Kier alpha value is -1.88. The summed E-state index contributed by atoms with van der Waals surface area (Å²) in [5, 5.41) is 4.87. The number of nitrogens with zero attached hydrogens (tertiary/aromatic N) is 4. The SMILES string of the molecule is O=c1cc(N2CCCCC2)cnn1Cc1cc(Cl)ccn1. The Morgan fingerprint density at radius 1 is 1.19 bits per heavy atom. The Bertz CT molecular complexity index is 679. The lowest BCUT2D eigenvalue weighted by Crippen LogP contribution is -2.32. The average molecular weight is 305 g/mol. The zero-order chi connectivity index (χ0) is 14.7. The first-order valence-corrected chi connectivity index (χ1v) is 7.53. The molecule has 5 nitrogen and oxygen atoms in total. The van der Waals surface area contributed by atoms with Crippen LogP contribution < -0.4 is 10.5 Å². The summed E-state index contributed by atoms with van der Waals surface area (Å²) in [7, 11) is 0. The average Bonchev–Trinajstić information content (AvgIpc) is 2.50. The van der Waals surface area contributed by atoms with Crippen molar-refractivity contribution in [3.63, 3.8) is 0 Å². The lowest BCUT2D eigenvalue weighted by atomic mass is 10.1. The van der Waals surface area contributed by atoms with E-state index < -0.39 is 0 Å². The molecule has 0 saturated carbocycles. The molecule has 2 aromatic rings. The van der Waals surface area contributed by atoms with Gasteiger partial charge >= 0.3 is 0 Å². The third-order valence-electron chi connectivity index (χ3n) is 3.67. The van der Waals surface area contributed by atoms with E-state index in [1.54, 1.807) is 30.6 Å². The van der Waals surface area contributed by atoms with Crippen molar-refractivity contribution in [3.8, 4) is 0 Å². The lowest BCUT2D eigenvalue weighted by molar-refractivity contribution is 0.570. The van der Waals surface area contributed by atoms with Gasteiger partial charge in [-0.05, 0) is 31.4 Å². The molecule has 0 unspecified atom stereocenters. The minimum atomic E-state index is -0.111. The standard InChI is InChI=1S/C15H17ClN4O/c16-12-4-5-17-13(8-12)11-20-15(21)9-14(10-18-20)19-6-2-1-3-7-19/h4-5,8-10H,1-3,6-7,11H2. The summed E-state index contributed by atoms with van der Waals surface area (Å²) in [6, 6.07) is 5.11. The van der Waals surface area contributed by atoms with Gasteiger partial charge in [0.15, 0.2) is 0 Å². The maximum absolute atomic E-state index is 12.2. The molecule has 1 fully saturated rings.